The van der Waals surface area contributed by atoms with E-state index in [0.29, 0.717) is 12.1 Å². The normalized spacial score (nSPS) is 18.7. The van der Waals surface area contributed by atoms with Crippen molar-refractivity contribution in [2.24, 2.45) is 0 Å². The number of amides is 2. The predicted octanol–water partition coefficient (Wildman–Crippen LogP) is 3.18. The van der Waals surface area contributed by atoms with Crippen molar-refractivity contribution < 1.29 is 46.8 Å². The van der Waals surface area contributed by atoms with Gasteiger partial charge in [0.2, 0.25) is 0 Å². The number of esters is 1. The minimum Gasteiger partial charge on any atom is -0.484 e. The third-order valence-electron chi connectivity index (χ3n) is 5.23. The Kier molecular flexibility index (Phi) is 7.12. The topological polar surface area (TPSA) is 121 Å². The molecule has 0 radical (unpaired) electrons. The molecule has 0 saturated heterocycles. The van der Waals surface area contributed by atoms with Gasteiger partial charge in [0, 0.05) is 18.2 Å². The molecule has 1 aliphatic heterocycles. The van der Waals surface area contributed by atoms with Crippen LogP contribution in [0.25, 0.3) is 0 Å². The zero-order chi connectivity index (χ0) is 26.8. The molecule has 0 fully saturated rings. The third-order valence-corrected chi connectivity index (χ3v) is 5.56. The number of carbonyl (C=O) groups excluding carboxylic acids is 3. The summed E-state index contributed by atoms with van der Waals surface area (Å²) in [5.41, 5.74) is -0.0216. The highest BCUT2D eigenvalue weighted by Gasteiger charge is 2.43. The van der Waals surface area contributed by atoms with Gasteiger partial charge in [0.25, 0.3) is 11.8 Å². The quantitative estimate of drug-likeness (QED) is 0.467. The summed E-state index contributed by atoms with van der Waals surface area (Å²) in [5, 5.41) is 5.63. The number of methoxy groups -OCH3 is 1. The minimum absolute atomic E-state index is 0.110. The van der Waals surface area contributed by atoms with Crippen LogP contribution in [-0.4, -0.2) is 49.9 Å². The highest BCUT2D eigenvalue weighted by Crippen LogP contribution is 2.42. The molecule has 4 rings (SSSR count). The Balaban J connectivity index is 1.21. The smallest absolute Gasteiger partial charge is 0.484 e. The van der Waals surface area contributed by atoms with Crippen LogP contribution in [-0.2, 0) is 14.3 Å². The predicted molar refractivity (Wildman–Crippen MR) is 124 cm³/mol. The maximum absolute atomic E-state index is 13.1. The van der Waals surface area contributed by atoms with Crippen molar-refractivity contribution in [3.8, 4) is 23.0 Å². The van der Waals surface area contributed by atoms with Crippen molar-refractivity contribution in [3.05, 3.63) is 58.8 Å². The zero-order valence-electron chi connectivity index (χ0n) is 19.6. The van der Waals surface area contributed by atoms with Crippen molar-refractivity contribution in [2.45, 2.75) is 25.2 Å². The lowest BCUT2D eigenvalue weighted by Crippen LogP contribution is -2.53. The number of halogens is 3. The summed E-state index contributed by atoms with van der Waals surface area (Å²) in [5.74, 6) is -1.45. The fourth-order valence-electron chi connectivity index (χ4n) is 3.66. The molecule has 10 nitrogen and oxygen atoms in total. The van der Waals surface area contributed by atoms with E-state index in [1.165, 1.54) is 43.5 Å². The summed E-state index contributed by atoms with van der Waals surface area (Å²) in [6.07, 6.45) is -1.73. The number of hydrogen-bond acceptors (Lipinski definition) is 8. The first-order chi connectivity index (χ1) is 17.4. The molecule has 0 aromatic heterocycles. The van der Waals surface area contributed by atoms with E-state index >= 15 is 0 Å². The summed E-state index contributed by atoms with van der Waals surface area (Å²) >= 11 is 5.96. The lowest BCUT2D eigenvalue weighted by molar-refractivity contribution is -0.286. The highest BCUT2D eigenvalue weighted by atomic mass is 35.5. The van der Waals surface area contributed by atoms with Gasteiger partial charge in [-0.2, -0.15) is 0 Å². The van der Waals surface area contributed by atoms with Gasteiger partial charge in [0.15, 0.2) is 24.7 Å². The molecule has 13 heteroatoms. The Labute approximate surface area is 214 Å². The van der Waals surface area contributed by atoms with Crippen LogP contribution in [0.4, 0.5) is 8.78 Å². The Morgan fingerprint density at radius 3 is 2.32 bits per heavy atom. The fraction of sp³-hybridized carbons (Fsp3) is 0.292. The molecule has 2 amide bonds. The molecule has 1 heterocycles. The van der Waals surface area contributed by atoms with E-state index in [1.807, 2.05) is 0 Å². The van der Waals surface area contributed by atoms with Gasteiger partial charge in [0.1, 0.15) is 11.5 Å². The molecular formula is C24H21ClF2N2O8. The summed E-state index contributed by atoms with van der Waals surface area (Å²) in [4.78, 5) is 36.2. The monoisotopic (exact) mass is 538 g/mol. The van der Waals surface area contributed by atoms with Crippen LogP contribution >= 0.6 is 11.6 Å². The SMILES string of the molecule is COC(=O)c1cc(OCC(=O)NC2=CC(C)(NC(=O)COc3ccc4c(c3)OC(F)(F)O4)C2)ccc1Cl. The molecular weight excluding hydrogens is 518 g/mol. The average Bonchev–Trinajstić information content (AvgIpc) is 3.13. The molecule has 0 spiro atoms. The van der Waals surface area contributed by atoms with Crippen molar-refractivity contribution in [2.75, 3.05) is 20.3 Å². The number of alkyl halides is 2. The van der Waals surface area contributed by atoms with Crippen molar-refractivity contribution in [1.29, 1.82) is 0 Å². The van der Waals surface area contributed by atoms with E-state index in [4.69, 9.17) is 21.1 Å². The maximum Gasteiger partial charge on any atom is 0.586 e. The molecule has 0 saturated carbocycles. The van der Waals surface area contributed by atoms with Crippen LogP contribution in [0.5, 0.6) is 23.0 Å². The lowest BCUT2D eigenvalue weighted by atomic mass is 9.84. The van der Waals surface area contributed by atoms with Crippen LogP contribution in [0, 0.1) is 0 Å². The van der Waals surface area contributed by atoms with Crippen LogP contribution in [0.15, 0.2) is 48.2 Å². The average molecular weight is 539 g/mol. The van der Waals surface area contributed by atoms with Gasteiger partial charge >= 0.3 is 12.3 Å². The van der Waals surface area contributed by atoms with E-state index in [1.54, 1.807) is 13.0 Å². The van der Waals surface area contributed by atoms with Crippen molar-refractivity contribution >= 4 is 29.4 Å². The largest absolute Gasteiger partial charge is 0.586 e. The van der Waals surface area contributed by atoms with Crippen LogP contribution in [0.3, 0.4) is 0 Å². The number of hydrogen-bond donors (Lipinski definition) is 2. The number of rotatable bonds is 9. The number of ether oxygens (including phenoxy) is 5. The summed E-state index contributed by atoms with van der Waals surface area (Å²) < 4.78 is 50.3. The standard InChI is InChI=1S/C24H21ClF2N2O8/c1-23(29-21(31)12-35-15-4-6-18-19(8-15)37-24(26,27)36-18)9-13(10-23)28-20(30)11-34-14-3-5-17(25)16(7-14)22(32)33-2/h3-9H,10-12H2,1-2H3,(H,28,30)(H,29,31). The van der Waals surface area contributed by atoms with Gasteiger partial charge in [-0.1, -0.05) is 11.6 Å². The summed E-state index contributed by atoms with van der Waals surface area (Å²) in [7, 11) is 1.22. The third kappa shape index (κ3) is 6.39. The Hall–Kier alpha value is -4.06. The van der Waals surface area contributed by atoms with Gasteiger partial charge in [0.05, 0.1) is 23.2 Å². The van der Waals surface area contributed by atoms with E-state index in [-0.39, 0.29) is 46.8 Å². The summed E-state index contributed by atoms with van der Waals surface area (Å²) in [6, 6.07) is 8.17. The second kappa shape index (κ2) is 10.1. The van der Waals surface area contributed by atoms with E-state index in [2.05, 4.69) is 24.8 Å². The number of carbonyl (C=O) groups is 3. The molecule has 2 aromatic carbocycles. The number of nitrogens with one attached hydrogen (secondary N) is 2. The Morgan fingerprint density at radius 2 is 1.62 bits per heavy atom. The highest BCUT2D eigenvalue weighted by molar-refractivity contribution is 6.33. The van der Waals surface area contributed by atoms with Gasteiger partial charge < -0.3 is 34.3 Å². The molecule has 1 unspecified atom stereocenters. The molecule has 2 aromatic rings. The summed E-state index contributed by atoms with van der Waals surface area (Å²) in [6.45, 7) is 1.06. The molecule has 196 valence electrons. The van der Waals surface area contributed by atoms with Crippen LogP contribution in [0.1, 0.15) is 23.7 Å². The van der Waals surface area contributed by atoms with E-state index in [9.17, 15) is 23.2 Å². The van der Waals surface area contributed by atoms with Crippen LogP contribution < -0.4 is 29.6 Å². The first-order valence-electron chi connectivity index (χ1n) is 10.8. The van der Waals surface area contributed by atoms with Crippen LogP contribution in [0.2, 0.25) is 5.02 Å². The number of fused-ring (bicyclic) bond motifs is 1. The van der Waals surface area contributed by atoms with E-state index in [0.717, 1.165) is 0 Å². The van der Waals surface area contributed by atoms with Crippen molar-refractivity contribution in [1.82, 2.24) is 10.6 Å². The van der Waals surface area contributed by atoms with Gasteiger partial charge in [-0.3, -0.25) is 9.59 Å². The molecule has 37 heavy (non-hydrogen) atoms. The fourth-order valence-corrected chi connectivity index (χ4v) is 3.85. The molecule has 1 aliphatic carbocycles. The first-order valence-corrected chi connectivity index (χ1v) is 11.2. The molecule has 2 N–H and O–H groups in total. The second-order valence-electron chi connectivity index (χ2n) is 8.35. The Bertz CT molecular complexity index is 1290. The molecule has 2 aliphatic rings. The maximum atomic E-state index is 13.1. The first kappa shape index (κ1) is 26.0. The van der Waals surface area contributed by atoms with Crippen molar-refractivity contribution in [3.63, 3.8) is 0 Å². The minimum atomic E-state index is -3.74. The van der Waals surface area contributed by atoms with Gasteiger partial charge in [-0.25, -0.2) is 4.79 Å². The lowest BCUT2D eigenvalue weighted by Gasteiger charge is -2.37. The number of benzene rings is 2. The molecule has 1 atom stereocenters. The van der Waals surface area contributed by atoms with Gasteiger partial charge in [-0.05, 0) is 43.3 Å². The molecule has 0 bridgehead atoms. The van der Waals surface area contributed by atoms with E-state index < -0.39 is 29.6 Å². The second-order valence-corrected chi connectivity index (χ2v) is 8.75. The zero-order valence-corrected chi connectivity index (χ0v) is 20.3. The Morgan fingerprint density at radius 1 is 1.00 bits per heavy atom. The van der Waals surface area contributed by atoms with Gasteiger partial charge in [-0.15, -0.1) is 8.78 Å².